The number of carboxylic acids is 3. The summed E-state index contributed by atoms with van der Waals surface area (Å²) < 4.78 is 0.220. The van der Waals surface area contributed by atoms with E-state index < -0.39 is 35.7 Å². The monoisotopic (exact) mass is 512 g/mol. The van der Waals surface area contributed by atoms with E-state index in [1.807, 2.05) is 0 Å². The van der Waals surface area contributed by atoms with E-state index in [1.165, 1.54) is 51.4 Å². The van der Waals surface area contributed by atoms with Crippen LogP contribution in [0.2, 0.25) is 0 Å². The molecule has 0 fully saturated rings. The largest absolute Gasteiger partial charge is 0.481 e. The molecule has 0 heterocycles. The molecule has 0 bridgehead atoms. The fraction of sp³-hybridized carbons (Fsp3) is 0.828. The van der Waals surface area contributed by atoms with Crippen molar-refractivity contribution < 1.29 is 34.2 Å². The van der Waals surface area contributed by atoms with Crippen LogP contribution in [0.25, 0.3) is 0 Å². The summed E-state index contributed by atoms with van der Waals surface area (Å²) >= 11 is 0. The van der Waals surface area contributed by atoms with Crippen LogP contribution in [0.15, 0.2) is 12.2 Å². The average molecular weight is 513 g/mol. The maximum Gasteiger partial charge on any atom is 0.311 e. The first kappa shape index (κ1) is 34.1. The van der Waals surface area contributed by atoms with Gasteiger partial charge in [0, 0.05) is 0 Å². The van der Waals surface area contributed by atoms with Gasteiger partial charge in [-0.15, -0.1) is 0 Å². The van der Waals surface area contributed by atoms with Gasteiger partial charge in [-0.05, 0) is 59.3 Å². The lowest BCUT2D eigenvalue weighted by Gasteiger charge is -2.42. The van der Waals surface area contributed by atoms with E-state index in [0.29, 0.717) is 6.54 Å². The molecule has 0 aromatic rings. The molecule has 0 aromatic heterocycles. The predicted octanol–water partition coefficient (Wildman–Crippen LogP) is 6.61. The van der Waals surface area contributed by atoms with Gasteiger partial charge in [-0.3, -0.25) is 14.4 Å². The Bertz CT molecular complexity index is 593. The Morgan fingerprint density at radius 3 is 1.28 bits per heavy atom. The van der Waals surface area contributed by atoms with E-state index in [-0.39, 0.29) is 24.1 Å². The van der Waals surface area contributed by atoms with Crippen LogP contribution in [-0.2, 0) is 14.4 Å². The molecule has 0 aromatic carbocycles. The molecular weight excluding hydrogens is 458 g/mol. The van der Waals surface area contributed by atoms with Crippen LogP contribution < -0.4 is 0 Å². The highest BCUT2D eigenvalue weighted by Gasteiger charge is 2.38. The van der Waals surface area contributed by atoms with Crippen molar-refractivity contribution in [2.24, 2.45) is 17.8 Å². The Kier molecular flexibility index (Phi) is 19.1. The Balaban J connectivity index is 4.61. The maximum absolute atomic E-state index is 11.6. The quantitative estimate of drug-likeness (QED) is 0.0762. The predicted molar refractivity (Wildman–Crippen MR) is 145 cm³/mol. The Morgan fingerprint density at radius 2 is 0.917 bits per heavy atom. The molecule has 210 valence electrons. The molecule has 36 heavy (non-hydrogen) atoms. The lowest BCUT2D eigenvalue weighted by atomic mass is 10.0. The zero-order chi connectivity index (χ0) is 27.4. The molecule has 0 aliphatic carbocycles. The lowest BCUT2D eigenvalue weighted by molar-refractivity contribution is -0.934. The number of rotatable bonds is 24. The smallest absolute Gasteiger partial charge is 0.311 e. The standard InChI is InChI=1S/C29H53NO6/c1-5-6-7-8-9-10-11-12-13-14-15-16-17-18-19-20-30(21-24(2)27(31)32,22-25(3)28(33)34)23-26(4)29(35)36/h11-12,24-26H,5-10,13-23H2,1-4H3,(H2-,31,32,33,34,35,36)/p+1/b12-11+. The van der Waals surface area contributed by atoms with Crippen LogP contribution in [0.1, 0.15) is 111 Å². The number of aliphatic carboxylic acids is 3. The van der Waals surface area contributed by atoms with Gasteiger partial charge in [-0.25, -0.2) is 0 Å². The van der Waals surface area contributed by atoms with Crippen molar-refractivity contribution in [1.29, 1.82) is 0 Å². The van der Waals surface area contributed by atoms with Crippen LogP contribution in [0, 0.1) is 17.8 Å². The zero-order valence-electron chi connectivity index (χ0n) is 23.4. The summed E-state index contributed by atoms with van der Waals surface area (Å²) in [5.41, 5.74) is 0. The normalized spacial score (nSPS) is 15.9. The maximum atomic E-state index is 11.6. The van der Waals surface area contributed by atoms with Crippen molar-refractivity contribution in [2.75, 3.05) is 26.2 Å². The van der Waals surface area contributed by atoms with E-state index in [9.17, 15) is 29.7 Å². The SMILES string of the molecule is CCCCCCC/C=C/CCCCCCCC[N+](CC(C)C(=O)O)(CC(C)C(=O)O)CC(C)C(=O)O. The number of quaternary nitrogens is 1. The molecule has 7 heteroatoms. The third-order valence-corrected chi connectivity index (χ3v) is 7.14. The molecule has 0 saturated carbocycles. The highest BCUT2D eigenvalue weighted by atomic mass is 16.4. The molecule has 0 aliphatic heterocycles. The van der Waals surface area contributed by atoms with Crippen molar-refractivity contribution in [3.63, 3.8) is 0 Å². The van der Waals surface area contributed by atoms with Gasteiger partial charge in [0.1, 0.15) is 17.8 Å². The molecule has 0 aliphatic rings. The van der Waals surface area contributed by atoms with Gasteiger partial charge >= 0.3 is 17.9 Å². The number of carbonyl (C=O) groups is 3. The minimum absolute atomic E-state index is 0.220. The number of hydrogen-bond acceptors (Lipinski definition) is 3. The number of unbranched alkanes of at least 4 members (excludes halogenated alkanes) is 11. The van der Waals surface area contributed by atoms with Gasteiger partial charge in [0.2, 0.25) is 0 Å². The molecule has 0 spiro atoms. The number of allylic oxidation sites excluding steroid dienone is 2. The van der Waals surface area contributed by atoms with Crippen molar-refractivity contribution in [3.05, 3.63) is 12.2 Å². The second-order valence-electron chi connectivity index (χ2n) is 10.9. The van der Waals surface area contributed by atoms with E-state index in [1.54, 1.807) is 20.8 Å². The molecule has 0 saturated heterocycles. The number of nitrogens with zero attached hydrogens (tertiary/aromatic N) is 1. The average Bonchev–Trinajstić information content (AvgIpc) is 2.81. The summed E-state index contributed by atoms with van der Waals surface area (Å²) in [6, 6.07) is 0. The molecule has 3 unspecified atom stereocenters. The van der Waals surface area contributed by atoms with Crippen LogP contribution in [0.3, 0.4) is 0 Å². The van der Waals surface area contributed by atoms with E-state index in [2.05, 4.69) is 19.1 Å². The zero-order valence-corrected chi connectivity index (χ0v) is 23.4. The van der Waals surface area contributed by atoms with E-state index in [4.69, 9.17) is 0 Å². The Labute approximate surface area is 219 Å². The van der Waals surface area contributed by atoms with Crippen molar-refractivity contribution >= 4 is 17.9 Å². The molecule has 3 N–H and O–H groups in total. The molecular formula is C29H54NO6+. The van der Waals surface area contributed by atoms with Crippen LogP contribution >= 0.6 is 0 Å². The van der Waals surface area contributed by atoms with Crippen LogP contribution in [0.4, 0.5) is 0 Å². The van der Waals surface area contributed by atoms with Gasteiger partial charge in [0.25, 0.3) is 0 Å². The van der Waals surface area contributed by atoms with Crippen molar-refractivity contribution in [1.82, 2.24) is 0 Å². The van der Waals surface area contributed by atoms with Gasteiger partial charge in [0.05, 0.1) is 26.2 Å². The van der Waals surface area contributed by atoms with Gasteiger partial charge in [-0.2, -0.15) is 0 Å². The third-order valence-electron chi connectivity index (χ3n) is 7.14. The highest BCUT2D eigenvalue weighted by Crippen LogP contribution is 2.22. The Morgan fingerprint density at radius 1 is 0.583 bits per heavy atom. The molecule has 7 nitrogen and oxygen atoms in total. The lowest BCUT2D eigenvalue weighted by Crippen LogP contribution is -2.57. The summed E-state index contributed by atoms with van der Waals surface area (Å²) in [4.78, 5) is 34.7. The first-order chi connectivity index (χ1) is 17.0. The second-order valence-corrected chi connectivity index (χ2v) is 10.9. The fourth-order valence-corrected chi connectivity index (χ4v) is 4.99. The number of hydrogen-bond donors (Lipinski definition) is 3. The van der Waals surface area contributed by atoms with E-state index >= 15 is 0 Å². The number of carboxylic acid groups (broad SMARTS) is 3. The summed E-state index contributed by atoms with van der Waals surface area (Å²) in [5.74, 6) is -4.82. The summed E-state index contributed by atoms with van der Waals surface area (Å²) in [7, 11) is 0. The molecule has 0 rings (SSSR count). The highest BCUT2D eigenvalue weighted by molar-refractivity contribution is 5.70. The Hall–Kier alpha value is -1.89. The van der Waals surface area contributed by atoms with Gasteiger partial charge < -0.3 is 19.8 Å². The minimum atomic E-state index is -0.936. The van der Waals surface area contributed by atoms with Crippen LogP contribution in [0.5, 0.6) is 0 Å². The molecule has 0 amide bonds. The van der Waals surface area contributed by atoms with Crippen molar-refractivity contribution in [3.8, 4) is 0 Å². The third kappa shape index (κ3) is 16.7. The van der Waals surface area contributed by atoms with E-state index in [0.717, 1.165) is 32.1 Å². The topological polar surface area (TPSA) is 112 Å². The molecule has 3 atom stereocenters. The van der Waals surface area contributed by atoms with Crippen molar-refractivity contribution in [2.45, 2.75) is 111 Å². The second kappa shape index (κ2) is 20.2. The summed E-state index contributed by atoms with van der Waals surface area (Å²) in [6.45, 7) is 8.43. The van der Waals surface area contributed by atoms with Gasteiger partial charge in [0.15, 0.2) is 0 Å². The fourth-order valence-electron chi connectivity index (χ4n) is 4.99. The summed E-state index contributed by atoms with van der Waals surface area (Å²) in [5, 5.41) is 28.5. The van der Waals surface area contributed by atoms with Crippen LogP contribution in [-0.4, -0.2) is 63.9 Å². The molecule has 0 radical (unpaired) electrons. The van der Waals surface area contributed by atoms with Gasteiger partial charge in [-0.1, -0.05) is 64.0 Å². The minimum Gasteiger partial charge on any atom is -0.481 e. The first-order valence-corrected chi connectivity index (χ1v) is 14.2. The first-order valence-electron chi connectivity index (χ1n) is 14.2. The summed E-state index contributed by atoms with van der Waals surface area (Å²) in [6.07, 6.45) is 20.0.